The van der Waals surface area contributed by atoms with Gasteiger partial charge in [0.05, 0.1) is 21.3 Å². The van der Waals surface area contributed by atoms with Gasteiger partial charge < -0.3 is 24.0 Å². The van der Waals surface area contributed by atoms with Gasteiger partial charge in [0.25, 0.3) is 0 Å². The monoisotopic (exact) mass is 336 g/mol. The number of carbonyl (C=O) groups is 1. The molecule has 24 heavy (non-hydrogen) atoms. The summed E-state index contributed by atoms with van der Waals surface area (Å²) in [4.78, 5) is 16.7. The van der Waals surface area contributed by atoms with E-state index in [0.717, 1.165) is 38.3 Å². The van der Waals surface area contributed by atoms with Gasteiger partial charge in [0.2, 0.25) is 11.7 Å². The lowest BCUT2D eigenvalue weighted by Gasteiger charge is -2.34. The molecule has 6 heteroatoms. The number of aryl methyl sites for hydroxylation is 1. The first kappa shape index (κ1) is 18.4. The molecule has 1 saturated heterocycles. The molecule has 1 heterocycles. The van der Waals surface area contributed by atoms with Gasteiger partial charge >= 0.3 is 0 Å². The summed E-state index contributed by atoms with van der Waals surface area (Å²) in [7, 11) is 4.78. The SMILES string of the molecule is CCN1CCN(C(=O)CCc2cc(OC)c(OC)c(OC)c2)CC1. The molecular weight excluding hydrogens is 308 g/mol. The lowest BCUT2D eigenvalue weighted by Crippen LogP contribution is -2.48. The molecule has 1 aromatic rings. The van der Waals surface area contributed by atoms with Crippen molar-refractivity contribution < 1.29 is 19.0 Å². The fraction of sp³-hybridized carbons (Fsp3) is 0.611. The van der Waals surface area contributed by atoms with Crippen molar-refractivity contribution in [3.63, 3.8) is 0 Å². The number of rotatable bonds is 7. The number of hydrogen-bond donors (Lipinski definition) is 0. The number of nitrogens with zero attached hydrogens (tertiary/aromatic N) is 2. The standard InChI is InChI=1S/C18H28N2O4/c1-5-19-8-10-20(11-9-19)17(21)7-6-14-12-15(22-2)18(24-4)16(13-14)23-3/h12-13H,5-11H2,1-4H3. The highest BCUT2D eigenvalue weighted by atomic mass is 16.5. The van der Waals surface area contributed by atoms with E-state index in [2.05, 4.69) is 11.8 Å². The molecule has 0 atom stereocenters. The molecular formula is C18H28N2O4. The van der Waals surface area contributed by atoms with Crippen LogP contribution in [0.25, 0.3) is 0 Å². The highest BCUT2D eigenvalue weighted by molar-refractivity contribution is 5.76. The van der Waals surface area contributed by atoms with E-state index in [9.17, 15) is 4.79 Å². The molecule has 1 aliphatic rings. The Morgan fingerprint density at radius 3 is 2.04 bits per heavy atom. The minimum Gasteiger partial charge on any atom is -0.493 e. The molecule has 1 fully saturated rings. The fourth-order valence-corrected chi connectivity index (χ4v) is 3.00. The van der Waals surface area contributed by atoms with Crippen LogP contribution in [0.15, 0.2) is 12.1 Å². The number of piperazine rings is 1. The number of amides is 1. The highest BCUT2D eigenvalue weighted by Gasteiger charge is 2.20. The predicted molar refractivity (Wildman–Crippen MR) is 93.1 cm³/mol. The Hall–Kier alpha value is -1.95. The fourth-order valence-electron chi connectivity index (χ4n) is 3.00. The molecule has 0 aliphatic carbocycles. The Morgan fingerprint density at radius 1 is 1.00 bits per heavy atom. The summed E-state index contributed by atoms with van der Waals surface area (Å²) in [6.07, 6.45) is 1.15. The van der Waals surface area contributed by atoms with E-state index >= 15 is 0 Å². The molecule has 0 unspecified atom stereocenters. The molecule has 0 N–H and O–H groups in total. The average molecular weight is 336 g/mol. The molecule has 1 aliphatic heterocycles. The van der Waals surface area contributed by atoms with E-state index in [1.54, 1.807) is 21.3 Å². The van der Waals surface area contributed by atoms with Crippen molar-refractivity contribution in [2.75, 3.05) is 54.1 Å². The quantitative estimate of drug-likeness (QED) is 0.760. The second-order valence-electron chi connectivity index (χ2n) is 5.85. The number of ether oxygens (including phenoxy) is 3. The summed E-state index contributed by atoms with van der Waals surface area (Å²) in [6, 6.07) is 3.81. The normalized spacial score (nSPS) is 15.2. The molecule has 0 spiro atoms. The second kappa shape index (κ2) is 8.78. The van der Waals surface area contributed by atoms with Gasteiger partial charge in [0.15, 0.2) is 11.5 Å². The Bertz CT molecular complexity index is 529. The molecule has 0 saturated carbocycles. The maximum atomic E-state index is 12.4. The van der Waals surface area contributed by atoms with Gasteiger partial charge in [-0.15, -0.1) is 0 Å². The van der Waals surface area contributed by atoms with Crippen LogP contribution in [0.3, 0.4) is 0 Å². The lowest BCUT2D eigenvalue weighted by atomic mass is 10.1. The van der Waals surface area contributed by atoms with Gasteiger partial charge in [-0.3, -0.25) is 4.79 Å². The van der Waals surface area contributed by atoms with E-state index in [4.69, 9.17) is 14.2 Å². The molecule has 0 radical (unpaired) electrons. The summed E-state index contributed by atoms with van der Waals surface area (Å²) < 4.78 is 16.0. The summed E-state index contributed by atoms with van der Waals surface area (Å²) in [6.45, 7) is 6.78. The largest absolute Gasteiger partial charge is 0.493 e. The van der Waals surface area contributed by atoms with E-state index < -0.39 is 0 Å². The molecule has 1 aromatic carbocycles. The van der Waals surface area contributed by atoms with Gasteiger partial charge in [0.1, 0.15) is 0 Å². The zero-order valence-electron chi connectivity index (χ0n) is 15.1. The maximum Gasteiger partial charge on any atom is 0.222 e. The molecule has 2 rings (SSSR count). The first-order valence-corrected chi connectivity index (χ1v) is 8.41. The molecule has 0 bridgehead atoms. The van der Waals surface area contributed by atoms with Gasteiger partial charge in [-0.05, 0) is 30.7 Å². The van der Waals surface area contributed by atoms with E-state index in [1.165, 1.54) is 0 Å². The van der Waals surface area contributed by atoms with Crippen molar-refractivity contribution in [3.05, 3.63) is 17.7 Å². The zero-order valence-corrected chi connectivity index (χ0v) is 15.1. The third kappa shape index (κ3) is 4.32. The third-order valence-electron chi connectivity index (χ3n) is 4.52. The zero-order chi connectivity index (χ0) is 17.5. The van der Waals surface area contributed by atoms with Gasteiger partial charge in [-0.1, -0.05) is 6.92 Å². The van der Waals surface area contributed by atoms with Crippen LogP contribution < -0.4 is 14.2 Å². The van der Waals surface area contributed by atoms with Gasteiger partial charge in [-0.25, -0.2) is 0 Å². The van der Waals surface area contributed by atoms with Crippen LogP contribution in [0.2, 0.25) is 0 Å². The van der Waals surface area contributed by atoms with E-state index in [0.29, 0.717) is 30.1 Å². The molecule has 0 aromatic heterocycles. The minimum atomic E-state index is 0.208. The first-order chi connectivity index (χ1) is 11.6. The van der Waals surface area contributed by atoms with Crippen molar-refractivity contribution in [2.45, 2.75) is 19.8 Å². The van der Waals surface area contributed by atoms with Gasteiger partial charge in [0, 0.05) is 32.6 Å². The molecule has 6 nitrogen and oxygen atoms in total. The van der Waals surface area contributed by atoms with Crippen molar-refractivity contribution in [1.29, 1.82) is 0 Å². The van der Waals surface area contributed by atoms with Crippen LogP contribution in [0.5, 0.6) is 17.2 Å². The van der Waals surface area contributed by atoms with Crippen LogP contribution in [-0.2, 0) is 11.2 Å². The van der Waals surface area contributed by atoms with Crippen molar-refractivity contribution in [3.8, 4) is 17.2 Å². The van der Waals surface area contributed by atoms with Gasteiger partial charge in [-0.2, -0.15) is 0 Å². The van der Waals surface area contributed by atoms with Crippen LogP contribution in [0.4, 0.5) is 0 Å². The van der Waals surface area contributed by atoms with E-state index in [1.807, 2.05) is 17.0 Å². The van der Waals surface area contributed by atoms with Crippen molar-refractivity contribution >= 4 is 5.91 Å². The van der Waals surface area contributed by atoms with Crippen LogP contribution in [0.1, 0.15) is 18.9 Å². The van der Waals surface area contributed by atoms with Crippen molar-refractivity contribution in [2.24, 2.45) is 0 Å². The van der Waals surface area contributed by atoms with Crippen molar-refractivity contribution in [1.82, 2.24) is 9.80 Å². The third-order valence-corrected chi connectivity index (χ3v) is 4.52. The number of hydrogen-bond acceptors (Lipinski definition) is 5. The average Bonchev–Trinajstić information content (AvgIpc) is 2.65. The Labute approximate surface area is 144 Å². The number of likely N-dealkylation sites (N-methyl/N-ethyl adjacent to an activating group) is 1. The Kier molecular flexibility index (Phi) is 6.73. The van der Waals surface area contributed by atoms with Crippen LogP contribution in [-0.4, -0.2) is 69.8 Å². The molecule has 134 valence electrons. The topological polar surface area (TPSA) is 51.2 Å². The predicted octanol–water partition coefficient (Wildman–Crippen LogP) is 1.81. The second-order valence-corrected chi connectivity index (χ2v) is 5.85. The summed E-state index contributed by atoms with van der Waals surface area (Å²) in [5.74, 6) is 2.02. The highest BCUT2D eigenvalue weighted by Crippen LogP contribution is 2.38. The number of carbonyl (C=O) groups excluding carboxylic acids is 1. The van der Waals surface area contributed by atoms with Crippen LogP contribution in [0, 0.1) is 0 Å². The lowest BCUT2D eigenvalue weighted by molar-refractivity contribution is -0.132. The Balaban J connectivity index is 1.97. The minimum absolute atomic E-state index is 0.208. The number of methoxy groups -OCH3 is 3. The summed E-state index contributed by atoms with van der Waals surface area (Å²) >= 11 is 0. The number of benzene rings is 1. The Morgan fingerprint density at radius 2 is 1.58 bits per heavy atom. The van der Waals surface area contributed by atoms with E-state index in [-0.39, 0.29) is 5.91 Å². The first-order valence-electron chi connectivity index (χ1n) is 8.41. The maximum absolute atomic E-state index is 12.4. The summed E-state index contributed by atoms with van der Waals surface area (Å²) in [5, 5.41) is 0. The van der Waals surface area contributed by atoms with Crippen LogP contribution >= 0.6 is 0 Å². The molecule has 1 amide bonds. The smallest absolute Gasteiger partial charge is 0.222 e. The summed E-state index contributed by atoms with van der Waals surface area (Å²) in [5.41, 5.74) is 1.00.